The smallest absolute Gasteiger partial charge is 0.305 e. The standard InChI is InChI=1S/C21H41BrO2/c1-2-3-4-5-6-7-8-9-10-14-17-20-24-21(23)18-15-12-11-13-16-19-22/h2-20H2,1H3. The van der Waals surface area contributed by atoms with E-state index in [1.165, 1.54) is 83.5 Å². The zero-order chi connectivity index (χ0) is 17.7. The van der Waals surface area contributed by atoms with Gasteiger partial charge in [-0.3, -0.25) is 4.79 Å². The fraction of sp³-hybridized carbons (Fsp3) is 0.952. The largest absolute Gasteiger partial charge is 0.466 e. The van der Waals surface area contributed by atoms with Crippen LogP contribution < -0.4 is 0 Å². The van der Waals surface area contributed by atoms with Crippen LogP contribution in [0.15, 0.2) is 0 Å². The molecule has 0 aliphatic rings. The maximum absolute atomic E-state index is 11.6. The van der Waals surface area contributed by atoms with Gasteiger partial charge in [0, 0.05) is 11.8 Å². The van der Waals surface area contributed by atoms with Gasteiger partial charge < -0.3 is 4.74 Å². The van der Waals surface area contributed by atoms with E-state index in [0.29, 0.717) is 13.0 Å². The number of rotatable bonds is 19. The van der Waals surface area contributed by atoms with Gasteiger partial charge in [-0.1, -0.05) is 106 Å². The van der Waals surface area contributed by atoms with Crippen LogP contribution in [0.3, 0.4) is 0 Å². The number of carbonyl (C=O) groups is 1. The van der Waals surface area contributed by atoms with Crippen molar-refractivity contribution >= 4 is 21.9 Å². The Morgan fingerprint density at radius 3 is 1.67 bits per heavy atom. The van der Waals surface area contributed by atoms with Gasteiger partial charge in [0.1, 0.15) is 0 Å². The number of halogens is 1. The van der Waals surface area contributed by atoms with E-state index in [2.05, 4.69) is 22.9 Å². The Bertz CT molecular complexity index is 256. The fourth-order valence-electron chi connectivity index (χ4n) is 2.92. The SMILES string of the molecule is CCCCCCCCCCCCCOC(=O)CCCCCCCBr. The Hall–Kier alpha value is -0.0500. The van der Waals surface area contributed by atoms with E-state index in [9.17, 15) is 4.79 Å². The third kappa shape index (κ3) is 20.0. The summed E-state index contributed by atoms with van der Waals surface area (Å²) in [5.74, 6) is 0.00238. The minimum atomic E-state index is 0.00238. The molecule has 0 bridgehead atoms. The topological polar surface area (TPSA) is 26.3 Å². The van der Waals surface area contributed by atoms with Gasteiger partial charge in [0.2, 0.25) is 0 Å². The van der Waals surface area contributed by atoms with Crippen LogP contribution in [0.5, 0.6) is 0 Å². The number of unbranched alkanes of at least 4 members (excludes halogenated alkanes) is 14. The molecule has 0 heterocycles. The number of hydrogen-bond acceptors (Lipinski definition) is 2. The minimum Gasteiger partial charge on any atom is -0.466 e. The fourth-order valence-corrected chi connectivity index (χ4v) is 3.32. The molecule has 0 amide bonds. The van der Waals surface area contributed by atoms with Gasteiger partial charge >= 0.3 is 5.97 Å². The normalized spacial score (nSPS) is 10.9. The van der Waals surface area contributed by atoms with E-state index in [1.807, 2.05) is 0 Å². The summed E-state index contributed by atoms with van der Waals surface area (Å²) in [6, 6.07) is 0. The van der Waals surface area contributed by atoms with E-state index in [4.69, 9.17) is 4.74 Å². The van der Waals surface area contributed by atoms with E-state index < -0.39 is 0 Å². The molecule has 0 rings (SSSR count). The minimum absolute atomic E-state index is 0.00238. The van der Waals surface area contributed by atoms with Crippen LogP contribution in [0, 0.1) is 0 Å². The zero-order valence-corrected chi connectivity index (χ0v) is 17.7. The van der Waals surface area contributed by atoms with Crippen LogP contribution in [-0.2, 0) is 9.53 Å². The highest BCUT2D eigenvalue weighted by molar-refractivity contribution is 9.09. The summed E-state index contributed by atoms with van der Waals surface area (Å²) in [6.45, 7) is 2.89. The monoisotopic (exact) mass is 404 g/mol. The summed E-state index contributed by atoms with van der Waals surface area (Å²) in [4.78, 5) is 11.6. The van der Waals surface area contributed by atoms with Gasteiger partial charge in [-0.15, -0.1) is 0 Å². The molecule has 0 aromatic rings. The van der Waals surface area contributed by atoms with E-state index in [1.54, 1.807) is 0 Å². The molecule has 0 radical (unpaired) electrons. The van der Waals surface area contributed by atoms with Crippen molar-refractivity contribution in [1.29, 1.82) is 0 Å². The quantitative estimate of drug-likeness (QED) is 0.126. The number of carbonyl (C=O) groups excluding carboxylic acids is 1. The van der Waals surface area contributed by atoms with Crippen molar-refractivity contribution in [3.8, 4) is 0 Å². The Morgan fingerprint density at radius 2 is 1.12 bits per heavy atom. The summed E-state index contributed by atoms with van der Waals surface area (Å²) >= 11 is 3.44. The van der Waals surface area contributed by atoms with Gasteiger partial charge in [0.15, 0.2) is 0 Å². The third-order valence-electron chi connectivity index (χ3n) is 4.53. The Labute approximate surface area is 159 Å². The van der Waals surface area contributed by atoms with Crippen LogP contribution in [0.1, 0.15) is 116 Å². The average molecular weight is 405 g/mol. The highest BCUT2D eigenvalue weighted by Gasteiger charge is 2.02. The summed E-state index contributed by atoms with van der Waals surface area (Å²) in [6.07, 6.45) is 21.1. The third-order valence-corrected chi connectivity index (χ3v) is 5.09. The van der Waals surface area contributed by atoms with Crippen molar-refractivity contribution in [2.75, 3.05) is 11.9 Å². The van der Waals surface area contributed by atoms with Crippen molar-refractivity contribution in [2.45, 2.75) is 116 Å². The molecule has 0 aliphatic heterocycles. The molecule has 0 aliphatic carbocycles. The first-order valence-corrected chi connectivity index (χ1v) is 11.6. The first-order chi connectivity index (χ1) is 11.8. The van der Waals surface area contributed by atoms with E-state index in [0.717, 1.165) is 24.6 Å². The van der Waals surface area contributed by atoms with Crippen LogP contribution >= 0.6 is 15.9 Å². The van der Waals surface area contributed by atoms with Crippen LogP contribution in [-0.4, -0.2) is 17.9 Å². The molecular weight excluding hydrogens is 364 g/mol. The van der Waals surface area contributed by atoms with Gasteiger partial charge in [-0.05, 0) is 19.3 Å². The summed E-state index contributed by atoms with van der Waals surface area (Å²) in [7, 11) is 0. The molecule has 0 aromatic carbocycles. The molecule has 0 aromatic heterocycles. The van der Waals surface area contributed by atoms with Gasteiger partial charge in [-0.25, -0.2) is 0 Å². The lowest BCUT2D eigenvalue weighted by Crippen LogP contribution is -2.05. The average Bonchev–Trinajstić information content (AvgIpc) is 2.59. The Kier molecular flexibility index (Phi) is 20.9. The number of hydrogen-bond donors (Lipinski definition) is 0. The predicted octanol–water partition coefficient (Wildman–Crippen LogP) is 7.58. The van der Waals surface area contributed by atoms with Crippen molar-refractivity contribution in [2.24, 2.45) is 0 Å². The Morgan fingerprint density at radius 1 is 0.667 bits per heavy atom. The highest BCUT2D eigenvalue weighted by Crippen LogP contribution is 2.11. The molecule has 0 atom stereocenters. The number of ether oxygens (including phenoxy) is 1. The second kappa shape index (κ2) is 21.0. The maximum atomic E-state index is 11.6. The van der Waals surface area contributed by atoms with E-state index in [-0.39, 0.29) is 5.97 Å². The van der Waals surface area contributed by atoms with Crippen LogP contribution in [0.25, 0.3) is 0 Å². The highest BCUT2D eigenvalue weighted by atomic mass is 79.9. The lowest BCUT2D eigenvalue weighted by molar-refractivity contribution is -0.143. The predicted molar refractivity (Wildman–Crippen MR) is 109 cm³/mol. The molecule has 2 nitrogen and oxygen atoms in total. The van der Waals surface area contributed by atoms with E-state index >= 15 is 0 Å². The van der Waals surface area contributed by atoms with Crippen molar-refractivity contribution in [3.63, 3.8) is 0 Å². The molecule has 0 unspecified atom stereocenters. The first-order valence-electron chi connectivity index (χ1n) is 10.5. The second-order valence-electron chi connectivity index (χ2n) is 6.96. The van der Waals surface area contributed by atoms with Crippen molar-refractivity contribution in [3.05, 3.63) is 0 Å². The molecule has 0 N–H and O–H groups in total. The molecule has 0 spiro atoms. The molecule has 0 saturated carbocycles. The van der Waals surface area contributed by atoms with Gasteiger partial charge in [0.25, 0.3) is 0 Å². The molecule has 24 heavy (non-hydrogen) atoms. The number of alkyl halides is 1. The zero-order valence-electron chi connectivity index (χ0n) is 16.1. The second-order valence-corrected chi connectivity index (χ2v) is 7.76. The lowest BCUT2D eigenvalue weighted by Gasteiger charge is -2.05. The van der Waals surface area contributed by atoms with Gasteiger partial charge in [-0.2, -0.15) is 0 Å². The van der Waals surface area contributed by atoms with Crippen LogP contribution in [0.2, 0.25) is 0 Å². The van der Waals surface area contributed by atoms with Crippen molar-refractivity contribution < 1.29 is 9.53 Å². The molecular formula is C21H41BrO2. The number of esters is 1. The summed E-state index contributed by atoms with van der Waals surface area (Å²) < 4.78 is 5.31. The van der Waals surface area contributed by atoms with Gasteiger partial charge in [0.05, 0.1) is 6.61 Å². The Balaban J connectivity index is 3.11. The molecule has 0 fully saturated rings. The van der Waals surface area contributed by atoms with Crippen LogP contribution in [0.4, 0.5) is 0 Å². The summed E-state index contributed by atoms with van der Waals surface area (Å²) in [5.41, 5.74) is 0. The molecule has 144 valence electrons. The lowest BCUT2D eigenvalue weighted by atomic mass is 10.1. The first kappa shape index (κ1) is 23.9. The molecule has 3 heteroatoms. The summed E-state index contributed by atoms with van der Waals surface area (Å²) in [5, 5.41) is 1.09. The van der Waals surface area contributed by atoms with Crippen molar-refractivity contribution in [1.82, 2.24) is 0 Å². The maximum Gasteiger partial charge on any atom is 0.305 e. The molecule has 0 saturated heterocycles.